The van der Waals surface area contributed by atoms with E-state index in [0.717, 1.165) is 0 Å². The normalized spacial score (nSPS) is 11.1. The first-order valence-corrected chi connectivity index (χ1v) is 3.39. The highest BCUT2D eigenvalue weighted by Crippen LogP contribution is 2.10. The van der Waals surface area contributed by atoms with Crippen LogP contribution < -0.4 is 5.73 Å². The van der Waals surface area contributed by atoms with Crippen LogP contribution in [0.25, 0.3) is 0 Å². The number of aldehydes is 1. The van der Waals surface area contributed by atoms with Crippen molar-refractivity contribution in [1.82, 2.24) is 0 Å². The molecule has 0 aromatic heterocycles. The molecule has 10 heavy (non-hydrogen) atoms. The van der Waals surface area contributed by atoms with E-state index < -0.39 is 11.3 Å². The largest absolute Gasteiger partial charge is 0.319 e. The maximum atomic E-state index is 10.8. The molecule has 0 fully saturated rings. The van der Waals surface area contributed by atoms with Crippen molar-refractivity contribution in [3.8, 4) is 0 Å². The molecule has 58 valence electrons. The molecule has 0 heterocycles. The van der Waals surface area contributed by atoms with Gasteiger partial charge in [-0.15, -0.1) is 0 Å². The van der Waals surface area contributed by atoms with Gasteiger partial charge in [0.2, 0.25) is 5.78 Å². The summed E-state index contributed by atoms with van der Waals surface area (Å²) in [5.41, 5.74) is 4.65. The minimum absolute atomic E-state index is 0.299. The molecular weight excluding hydrogens is 130 g/mol. The number of hydrogen-bond acceptors (Lipinski definition) is 3. The number of nitrogens with two attached hydrogens (primary N) is 1. The van der Waals surface area contributed by atoms with Crippen molar-refractivity contribution in [3.63, 3.8) is 0 Å². The molecule has 0 aliphatic carbocycles. The van der Waals surface area contributed by atoms with Crippen LogP contribution in [0.5, 0.6) is 0 Å². The quantitative estimate of drug-likeness (QED) is 0.454. The van der Waals surface area contributed by atoms with Gasteiger partial charge in [-0.05, 0) is 12.8 Å². The van der Waals surface area contributed by atoms with E-state index in [0.29, 0.717) is 19.1 Å². The van der Waals surface area contributed by atoms with Crippen LogP contribution in [-0.2, 0) is 9.59 Å². The summed E-state index contributed by atoms with van der Waals surface area (Å²) in [6.07, 6.45) is 1.33. The van der Waals surface area contributed by atoms with Gasteiger partial charge in [0.1, 0.15) is 0 Å². The molecule has 0 radical (unpaired) electrons. The first kappa shape index (κ1) is 9.30. The third-order valence-corrected chi connectivity index (χ3v) is 1.86. The predicted octanol–water partition coefficient (Wildman–Crippen LogP) is 0.272. The van der Waals surface area contributed by atoms with Crippen molar-refractivity contribution in [2.45, 2.75) is 32.2 Å². The Hall–Kier alpha value is -0.700. The zero-order valence-corrected chi connectivity index (χ0v) is 6.39. The maximum Gasteiger partial charge on any atom is 0.214 e. The number of carbonyl (C=O) groups excluding carboxylic acids is 2. The van der Waals surface area contributed by atoms with Crippen molar-refractivity contribution in [2.75, 3.05) is 0 Å². The van der Waals surface area contributed by atoms with Crippen LogP contribution in [-0.4, -0.2) is 17.6 Å². The molecule has 0 spiro atoms. The van der Waals surface area contributed by atoms with Crippen LogP contribution in [0.3, 0.4) is 0 Å². The van der Waals surface area contributed by atoms with Gasteiger partial charge < -0.3 is 5.73 Å². The minimum atomic E-state index is -0.915. The van der Waals surface area contributed by atoms with Crippen molar-refractivity contribution in [1.29, 1.82) is 0 Å². The molecule has 0 aliphatic heterocycles. The fraction of sp³-hybridized carbons (Fsp3) is 0.714. The fourth-order valence-electron chi connectivity index (χ4n) is 0.716. The summed E-state index contributed by atoms with van der Waals surface area (Å²) in [6.45, 7) is 3.59. The van der Waals surface area contributed by atoms with E-state index in [1.54, 1.807) is 13.8 Å². The van der Waals surface area contributed by atoms with Crippen LogP contribution in [0.2, 0.25) is 0 Å². The van der Waals surface area contributed by atoms with Crippen LogP contribution >= 0.6 is 0 Å². The molecule has 3 heteroatoms. The number of hydrogen-bond donors (Lipinski definition) is 1. The smallest absolute Gasteiger partial charge is 0.214 e. The van der Waals surface area contributed by atoms with Gasteiger partial charge in [-0.1, -0.05) is 13.8 Å². The highest BCUT2D eigenvalue weighted by atomic mass is 16.2. The van der Waals surface area contributed by atoms with E-state index in [2.05, 4.69) is 0 Å². The molecule has 0 aromatic rings. The van der Waals surface area contributed by atoms with E-state index >= 15 is 0 Å². The van der Waals surface area contributed by atoms with Gasteiger partial charge in [-0.25, -0.2) is 0 Å². The van der Waals surface area contributed by atoms with Gasteiger partial charge >= 0.3 is 0 Å². The fourth-order valence-corrected chi connectivity index (χ4v) is 0.716. The molecule has 0 aromatic carbocycles. The second-order valence-corrected chi connectivity index (χ2v) is 2.35. The number of Topliss-reactive ketones (excluding diaryl/α,β-unsaturated/α-hetero) is 1. The Morgan fingerprint density at radius 1 is 1.50 bits per heavy atom. The summed E-state index contributed by atoms with van der Waals surface area (Å²) < 4.78 is 0. The molecule has 3 nitrogen and oxygen atoms in total. The van der Waals surface area contributed by atoms with Gasteiger partial charge in [0.15, 0.2) is 6.29 Å². The van der Waals surface area contributed by atoms with Gasteiger partial charge in [-0.2, -0.15) is 0 Å². The topological polar surface area (TPSA) is 60.2 Å². The average molecular weight is 143 g/mol. The average Bonchev–Trinajstić information content (AvgIpc) is 2.01. The Balaban J connectivity index is 4.31. The van der Waals surface area contributed by atoms with Crippen LogP contribution in [0.4, 0.5) is 0 Å². The van der Waals surface area contributed by atoms with E-state index in [9.17, 15) is 9.59 Å². The lowest BCUT2D eigenvalue weighted by atomic mass is 9.90. The first-order chi connectivity index (χ1) is 4.60. The number of ketones is 1. The molecule has 0 bridgehead atoms. The standard InChI is InChI=1S/C7H13NO2/c1-3-7(8,4-2)6(10)5-9/h5H,3-4,8H2,1-2H3. The third-order valence-electron chi connectivity index (χ3n) is 1.86. The lowest BCUT2D eigenvalue weighted by molar-refractivity contribution is -0.133. The molecular formula is C7H13NO2. The molecule has 0 unspecified atom stereocenters. The zero-order chi connectivity index (χ0) is 8.20. The number of carbonyl (C=O) groups is 2. The molecule has 0 saturated heterocycles. The monoisotopic (exact) mass is 143 g/mol. The van der Waals surface area contributed by atoms with E-state index in [1.807, 2.05) is 0 Å². The number of rotatable bonds is 4. The maximum absolute atomic E-state index is 10.8. The zero-order valence-electron chi connectivity index (χ0n) is 6.39. The Labute approximate surface area is 60.6 Å². The van der Waals surface area contributed by atoms with E-state index in [-0.39, 0.29) is 0 Å². The summed E-state index contributed by atoms with van der Waals surface area (Å²) >= 11 is 0. The predicted molar refractivity (Wildman–Crippen MR) is 38.6 cm³/mol. The van der Waals surface area contributed by atoms with E-state index in [1.165, 1.54) is 0 Å². The van der Waals surface area contributed by atoms with Gasteiger partial charge in [-0.3, -0.25) is 9.59 Å². The molecule has 0 amide bonds. The van der Waals surface area contributed by atoms with E-state index in [4.69, 9.17) is 5.73 Å². The van der Waals surface area contributed by atoms with Crippen LogP contribution in [0, 0.1) is 0 Å². The van der Waals surface area contributed by atoms with Crippen molar-refractivity contribution < 1.29 is 9.59 Å². The summed E-state index contributed by atoms with van der Waals surface area (Å²) in [5.74, 6) is -0.502. The minimum Gasteiger partial charge on any atom is -0.319 e. The second-order valence-electron chi connectivity index (χ2n) is 2.35. The Morgan fingerprint density at radius 3 is 2.00 bits per heavy atom. The van der Waals surface area contributed by atoms with Crippen LogP contribution in [0.15, 0.2) is 0 Å². The summed E-state index contributed by atoms with van der Waals surface area (Å²) in [5, 5.41) is 0. The molecule has 0 atom stereocenters. The summed E-state index contributed by atoms with van der Waals surface area (Å²) in [7, 11) is 0. The lowest BCUT2D eigenvalue weighted by Crippen LogP contribution is -2.47. The lowest BCUT2D eigenvalue weighted by Gasteiger charge is -2.21. The van der Waals surface area contributed by atoms with Crippen molar-refractivity contribution in [3.05, 3.63) is 0 Å². The van der Waals surface area contributed by atoms with Crippen molar-refractivity contribution >= 4 is 12.1 Å². The molecule has 2 N–H and O–H groups in total. The molecule has 0 saturated carbocycles. The molecule has 0 rings (SSSR count). The molecule has 0 aliphatic rings. The summed E-state index contributed by atoms with van der Waals surface area (Å²) in [4.78, 5) is 20.8. The van der Waals surface area contributed by atoms with Crippen LogP contribution in [0.1, 0.15) is 26.7 Å². The van der Waals surface area contributed by atoms with Crippen molar-refractivity contribution in [2.24, 2.45) is 5.73 Å². The van der Waals surface area contributed by atoms with Gasteiger partial charge in [0.25, 0.3) is 0 Å². The Bertz CT molecular complexity index is 139. The highest BCUT2D eigenvalue weighted by Gasteiger charge is 2.28. The first-order valence-electron chi connectivity index (χ1n) is 3.39. The summed E-state index contributed by atoms with van der Waals surface area (Å²) in [6, 6.07) is 0. The Kier molecular flexibility index (Phi) is 3.22. The van der Waals surface area contributed by atoms with Gasteiger partial charge in [0.05, 0.1) is 5.54 Å². The second kappa shape index (κ2) is 3.46. The SMILES string of the molecule is CCC(N)(CC)C(=O)C=O. The highest BCUT2D eigenvalue weighted by molar-refractivity contribution is 6.29. The Morgan fingerprint density at radius 2 is 1.90 bits per heavy atom. The third kappa shape index (κ3) is 1.64. The van der Waals surface area contributed by atoms with Gasteiger partial charge in [0, 0.05) is 0 Å².